The number of aryl methyl sites for hydroxylation is 1. The maximum absolute atomic E-state index is 13.6. The van der Waals surface area contributed by atoms with E-state index < -0.39 is 6.04 Å². The van der Waals surface area contributed by atoms with Gasteiger partial charge in [-0.15, -0.1) is 0 Å². The van der Waals surface area contributed by atoms with Gasteiger partial charge in [0.25, 0.3) is 0 Å². The van der Waals surface area contributed by atoms with Crippen molar-refractivity contribution in [3.05, 3.63) is 90.2 Å². The number of hydrogen-bond acceptors (Lipinski definition) is 6. The second-order valence-electron chi connectivity index (χ2n) is 11.4. The predicted molar refractivity (Wildman–Crippen MR) is 165 cm³/mol. The molecule has 2 heterocycles. The minimum Gasteiger partial charge on any atom is -0.457 e. The highest BCUT2D eigenvalue weighted by Gasteiger charge is 2.39. The van der Waals surface area contributed by atoms with Crippen LogP contribution in [-0.4, -0.2) is 92.1 Å². The van der Waals surface area contributed by atoms with Gasteiger partial charge >= 0.3 is 0 Å². The van der Waals surface area contributed by atoms with Crippen LogP contribution in [0.25, 0.3) is 0 Å². The first kappa shape index (κ1) is 30.7. The maximum Gasteiger partial charge on any atom is 0.247 e. The first-order valence-electron chi connectivity index (χ1n) is 15.1. The van der Waals surface area contributed by atoms with Gasteiger partial charge in [-0.2, -0.15) is 0 Å². The molecule has 0 aliphatic carbocycles. The summed E-state index contributed by atoms with van der Waals surface area (Å²) >= 11 is 0. The highest BCUT2D eigenvalue weighted by molar-refractivity contribution is 5.97. The molecule has 228 valence electrons. The summed E-state index contributed by atoms with van der Waals surface area (Å²) in [6, 6.07) is 22.7. The van der Waals surface area contributed by atoms with Gasteiger partial charge in [-0.05, 0) is 79.3 Å². The number of hydrogen-bond donors (Lipinski definition) is 1. The molecule has 8 nitrogen and oxygen atoms in total. The van der Waals surface area contributed by atoms with E-state index in [1.807, 2.05) is 18.2 Å². The predicted octanol–water partition coefficient (Wildman–Crippen LogP) is 4.67. The molecule has 2 saturated heterocycles. The van der Waals surface area contributed by atoms with Gasteiger partial charge in [0.15, 0.2) is 0 Å². The van der Waals surface area contributed by atoms with Crippen LogP contribution in [0.5, 0.6) is 11.5 Å². The number of methoxy groups -OCH3 is 1. The van der Waals surface area contributed by atoms with Gasteiger partial charge in [0.1, 0.15) is 23.4 Å². The second kappa shape index (κ2) is 15.1. The number of likely N-dealkylation sites (tertiary alicyclic amines) is 1. The summed E-state index contributed by atoms with van der Waals surface area (Å²) < 4.78 is 24.2. The van der Waals surface area contributed by atoms with Gasteiger partial charge in [-0.1, -0.05) is 30.3 Å². The zero-order chi connectivity index (χ0) is 30.0. The zero-order valence-corrected chi connectivity index (χ0v) is 24.8. The number of carbonyl (C=O) groups excluding carboxylic acids is 2. The van der Waals surface area contributed by atoms with Crippen molar-refractivity contribution in [3.63, 3.8) is 0 Å². The molecule has 43 heavy (non-hydrogen) atoms. The number of piperazine rings is 1. The first-order valence-corrected chi connectivity index (χ1v) is 15.1. The molecule has 3 aromatic carbocycles. The summed E-state index contributed by atoms with van der Waals surface area (Å²) in [6.07, 6.45) is 2.48. The van der Waals surface area contributed by atoms with Crippen LogP contribution in [0.2, 0.25) is 0 Å². The molecule has 2 aliphatic heterocycles. The Morgan fingerprint density at radius 1 is 0.884 bits per heavy atom. The average Bonchev–Trinajstić information content (AvgIpc) is 3.47. The van der Waals surface area contributed by atoms with E-state index in [2.05, 4.69) is 27.2 Å². The van der Waals surface area contributed by atoms with E-state index in [0.29, 0.717) is 43.3 Å². The van der Waals surface area contributed by atoms with Crippen LogP contribution in [0, 0.1) is 11.7 Å². The highest BCUT2D eigenvalue weighted by atomic mass is 19.1. The Morgan fingerprint density at radius 2 is 1.53 bits per heavy atom. The van der Waals surface area contributed by atoms with Crippen molar-refractivity contribution in [2.24, 2.45) is 5.92 Å². The lowest BCUT2D eigenvalue weighted by Gasteiger charge is -2.35. The molecule has 9 heteroatoms. The van der Waals surface area contributed by atoms with Crippen molar-refractivity contribution in [3.8, 4) is 11.5 Å². The quantitative estimate of drug-likeness (QED) is 0.332. The number of benzene rings is 3. The van der Waals surface area contributed by atoms with Crippen LogP contribution in [0.3, 0.4) is 0 Å². The van der Waals surface area contributed by atoms with Crippen LogP contribution < -0.4 is 10.1 Å². The minimum atomic E-state index is -0.522. The number of carbonyl (C=O) groups is 2. The number of nitrogens with zero attached hydrogens (tertiary/aromatic N) is 3. The molecule has 2 unspecified atom stereocenters. The maximum atomic E-state index is 13.6. The fourth-order valence-electron chi connectivity index (χ4n) is 5.82. The van der Waals surface area contributed by atoms with Crippen molar-refractivity contribution in [1.82, 2.24) is 14.7 Å². The molecule has 3 aromatic rings. The molecule has 2 aliphatic rings. The first-order chi connectivity index (χ1) is 21.0. The molecule has 0 bridgehead atoms. The topological polar surface area (TPSA) is 74.4 Å². The van der Waals surface area contributed by atoms with E-state index in [1.54, 1.807) is 48.4 Å². The average molecular weight is 589 g/mol. The van der Waals surface area contributed by atoms with Crippen molar-refractivity contribution in [1.29, 1.82) is 0 Å². The van der Waals surface area contributed by atoms with Crippen LogP contribution in [-0.2, 0) is 20.7 Å². The van der Waals surface area contributed by atoms with Crippen LogP contribution >= 0.6 is 0 Å². The number of nitrogens with one attached hydrogen (secondary N) is 1. The molecule has 0 spiro atoms. The number of amides is 2. The van der Waals surface area contributed by atoms with Gasteiger partial charge in [0.05, 0.1) is 13.2 Å². The molecule has 0 aromatic heterocycles. The summed E-state index contributed by atoms with van der Waals surface area (Å²) in [6.45, 7) is 5.97. The Bertz CT molecular complexity index is 1310. The fraction of sp³-hybridized carbons (Fsp3) is 0.412. The molecule has 2 amide bonds. The highest BCUT2D eigenvalue weighted by Crippen LogP contribution is 2.29. The summed E-state index contributed by atoms with van der Waals surface area (Å²) in [5, 5.41) is 3.02. The van der Waals surface area contributed by atoms with Gasteiger partial charge in [-0.3, -0.25) is 19.4 Å². The monoisotopic (exact) mass is 588 g/mol. The molecular weight excluding hydrogens is 547 g/mol. The summed E-state index contributed by atoms with van der Waals surface area (Å²) in [7, 11) is 1.71. The van der Waals surface area contributed by atoms with E-state index in [9.17, 15) is 14.0 Å². The summed E-state index contributed by atoms with van der Waals surface area (Å²) in [5.74, 6) is 0.856. The standard InChI is InChI=1S/C34H41FN4O4/c1-42-22-21-37-17-19-38(20-18-37)25-33(40)39-24-27(8-7-26-5-3-2-4-6-26)23-32(39)34(41)36-29-11-15-31(16-12-29)43-30-13-9-28(35)10-14-30/h2-6,9-16,27,32H,7-8,17-25H2,1H3,(H,36,41). The molecule has 1 N–H and O–H groups in total. The molecule has 0 radical (unpaired) electrons. The lowest BCUT2D eigenvalue weighted by atomic mass is 9.97. The van der Waals surface area contributed by atoms with E-state index >= 15 is 0 Å². The largest absolute Gasteiger partial charge is 0.457 e. The van der Waals surface area contributed by atoms with Crippen LogP contribution in [0.15, 0.2) is 78.9 Å². The van der Waals surface area contributed by atoms with E-state index in [-0.39, 0.29) is 23.5 Å². The smallest absolute Gasteiger partial charge is 0.247 e. The van der Waals surface area contributed by atoms with Crippen molar-refractivity contribution < 1.29 is 23.5 Å². The van der Waals surface area contributed by atoms with Crippen molar-refractivity contribution in [2.45, 2.75) is 25.3 Å². The van der Waals surface area contributed by atoms with Gasteiger partial charge in [-0.25, -0.2) is 4.39 Å². The molecule has 0 saturated carbocycles. The SMILES string of the molecule is COCCN1CCN(CC(=O)N2CC(CCc3ccccc3)CC2C(=O)Nc2ccc(Oc3ccc(F)cc3)cc2)CC1. The normalized spacial score (nSPS) is 19.3. The third-order valence-corrected chi connectivity index (χ3v) is 8.30. The molecular formula is C34H41FN4O4. The lowest BCUT2D eigenvalue weighted by Crippen LogP contribution is -2.52. The zero-order valence-electron chi connectivity index (χ0n) is 24.8. The van der Waals surface area contributed by atoms with Crippen LogP contribution in [0.1, 0.15) is 18.4 Å². The second-order valence-corrected chi connectivity index (χ2v) is 11.4. The summed E-state index contributed by atoms with van der Waals surface area (Å²) in [5.41, 5.74) is 1.89. The Labute approximate surface area is 253 Å². The number of ether oxygens (including phenoxy) is 2. The number of anilines is 1. The fourth-order valence-corrected chi connectivity index (χ4v) is 5.82. The third kappa shape index (κ3) is 8.86. The Kier molecular flexibility index (Phi) is 10.8. The van der Waals surface area contributed by atoms with E-state index in [0.717, 1.165) is 45.6 Å². The molecule has 5 rings (SSSR count). The third-order valence-electron chi connectivity index (χ3n) is 8.30. The minimum absolute atomic E-state index is 0.00995. The Balaban J connectivity index is 1.20. The van der Waals surface area contributed by atoms with Gasteiger partial charge in [0, 0.05) is 52.1 Å². The van der Waals surface area contributed by atoms with Crippen LogP contribution in [0.4, 0.5) is 10.1 Å². The van der Waals surface area contributed by atoms with E-state index in [4.69, 9.17) is 9.47 Å². The Hall–Kier alpha value is -3.79. The number of rotatable bonds is 12. The summed E-state index contributed by atoms with van der Waals surface area (Å²) in [4.78, 5) is 33.6. The van der Waals surface area contributed by atoms with Gasteiger partial charge in [0.2, 0.25) is 11.8 Å². The van der Waals surface area contributed by atoms with E-state index in [1.165, 1.54) is 17.7 Å². The van der Waals surface area contributed by atoms with Gasteiger partial charge < -0.3 is 19.7 Å². The van der Waals surface area contributed by atoms with Crippen molar-refractivity contribution in [2.75, 3.05) is 64.8 Å². The molecule has 2 fully saturated rings. The Morgan fingerprint density at radius 3 is 2.21 bits per heavy atom. The number of halogens is 1. The molecule has 2 atom stereocenters. The lowest BCUT2D eigenvalue weighted by molar-refractivity contribution is -0.138. The van der Waals surface area contributed by atoms with Crippen molar-refractivity contribution >= 4 is 17.5 Å².